The molecule has 3 aromatic rings. The summed E-state index contributed by atoms with van der Waals surface area (Å²) in [6, 6.07) is 13.7. The van der Waals surface area contributed by atoms with Crippen LogP contribution in [0.2, 0.25) is 0 Å². The fourth-order valence-electron chi connectivity index (χ4n) is 2.63. The van der Waals surface area contributed by atoms with Crippen molar-refractivity contribution in [3.05, 3.63) is 70.6 Å². The van der Waals surface area contributed by atoms with Crippen LogP contribution < -0.4 is 10.9 Å². The number of phenolic OH excluding ortho intramolecular Hbond substituents is 1. The van der Waals surface area contributed by atoms with E-state index in [1.54, 1.807) is 29.0 Å². The Morgan fingerprint density at radius 2 is 1.83 bits per heavy atom. The van der Waals surface area contributed by atoms with Crippen molar-refractivity contribution in [3.8, 4) is 5.75 Å². The van der Waals surface area contributed by atoms with Crippen molar-refractivity contribution in [2.75, 3.05) is 5.32 Å². The van der Waals surface area contributed by atoms with Crippen LogP contribution >= 0.6 is 0 Å². The van der Waals surface area contributed by atoms with E-state index in [-0.39, 0.29) is 16.9 Å². The van der Waals surface area contributed by atoms with Crippen LogP contribution in [0.25, 0.3) is 10.8 Å². The van der Waals surface area contributed by atoms with Crippen LogP contribution in [0.15, 0.2) is 59.5 Å². The number of hydrogen-bond donors (Lipinski definition) is 2. The predicted octanol–water partition coefficient (Wildman–Crippen LogP) is 3.37. The molecule has 2 aromatic carbocycles. The summed E-state index contributed by atoms with van der Waals surface area (Å²) in [5, 5.41) is 14.6. The second kappa shape index (κ2) is 6.58. The lowest BCUT2D eigenvalue weighted by Crippen LogP contribution is -2.20. The Hall–Kier alpha value is -3.08. The molecule has 1 aromatic heterocycles. The highest BCUT2D eigenvalue weighted by molar-refractivity contribution is 6.08. The maximum Gasteiger partial charge on any atom is 0.259 e. The summed E-state index contributed by atoms with van der Waals surface area (Å²) in [7, 11) is 0. The zero-order valence-electron chi connectivity index (χ0n) is 13.3. The fraction of sp³-hybridized carbons (Fsp3) is 0.158. The molecule has 0 radical (unpaired) electrons. The molecule has 5 nitrogen and oxygen atoms in total. The summed E-state index contributed by atoms with van der Waals surface area (Å²) in [5.41, 5.74) is 0.603. The van der Waals surface area contributed by atoms with Crippen LogP contribution in [0.1, 0.15) is 23.7 Å². The van der Waals surface area contributed by atoms with Gasteiger partial charge in [0.15, 0.2) is 0 Å². The third kappa shape index (κ3) is 3.15. The predicted molar refractivity (Wildman–Crippen MR) is 94.6 cm³/mol. The van der Waals surface area contributed by atoms with E-state index in [0.717, 1.165) is 17.2 Å². The minimum Gasteiger partial charge on any atom is -0.507 e. The number of nitrogens with one attached hydrogen (secondary N) is 1. The SMILES string of the molecule is CCCn1cc(NC(=O)c2cc3ccccc3cc2O)ccc1=O. The van der Waals surface area contributed by atoms with E-state index < -0.39 is 5.91 Å². The van der Waals surface area contributed by atoms with E-state index >= 15 is 0 Å². The zero-order valence-corrected chi connectivity index (χ0v) is 13.3. The second-order valence-corrected chi connectivity index (χ2v) is 5.62. The molecule has 0 aliphatic heterocycles. The molecule has 0 aliphatic rings. The maximum atomic E-state index is 12.5. The molecule has 0 spiro atoms. The largest absolute Gasteiger partial charge is 0.507 e. The number of aryl methyl sites for hydroxylation is 1. The summed E-state index contributed by atoms with van der Waals surface area (Å²) < 4.78 is 1.55. The first-order valence-electron chi connectivity index (χ1n) is 7.82. The first kappa shape index (κ1) is 15.8. The first-order chi connectivity index (χ1) is 11.6. The van der Waals surface area contributed by atoms with Crippen molar-refractivity contribution < 1.29 is 9.90 Å². The van der Waals surface area contributed by atoms with Crippen LogP contribution in [0.4, 0.5) is 5.69 Å². The Bertz CT molecular complexity index is 960. The van der Waals surface area contributed by atoms with Crippen molar-refractivity contribution in [3.63, 3.8) is 0 Å². The number of nitrogens with zero attached hydrogens (tertiary/aromatic N) is 1. The highest BCUT2D eigenvalue weighted by Crippen LogP contribution is 2.25. The van der Waals surface area contributed by atoms with Crippen molar-refractivity contribution in [1.82, 2.24) is 4.57 Å². The number of carbonyl (C=O) groups is 1. The lowest BCUT2D eigenvalue weighted by Gasteiger charge is -2.10. The number of hydrogen-bond acceptors (Lipinski definition) is 3. The van der Waals surface area contributed by atoms with Gasteiger partial charge in [0.2, 0.25) is 0 Å². The van der Waals surface area contributed by atoms with Crippen LogP contribution in [-0.2, 0) is 6.54 Å². The third-order valence-corrected chi connectivity index (χ3v) is 3.81. The van der Waals surface area contributed by atoms with Gasteiger partial charge < -0.3 is 15.0 Å². The van der Waals surface area contributed by atoms with Crippen molar-refractivity contribution in [2.45, 2.75) is 19.9 Å². The molecule has 0 saturated heterocycles. The molecule has 1 amide bonds. The van der Waals surface area contributed by atoms with E-state index in [1.165, 1.54) is 6.07 Å². The van der Waals surface area contributed by atoms with Gasteiger partial charge in [-0.3, -0.25) is 9.59 Å². The topological polar surface area (TPSA) is 71.3 Å². The van der Waals surface area contributed by atoms with Gasteiger partial charge in [-0.1, -0.05) is 31.2 Å². The molecular weight excluding hydrogens is 304 g/mol. The van der Waals surface area contributed by atoms with Gasteiger partial charge in [-0.2, -0.15) is 0 Å². The zero-order chi connectivity index (χ0) is 17.1. The Morgan fingerprint density at radius 3 is 2.54 bits per heavy atom. The summed E-state index contributed by atoms with van der Waals surface area (Å²) >= 11 is 0. The average Bonchev–Trinajstić information content (AvgIpc) is 2.57. The number of phenols is 1. The van der Waals surface area contributed by atoms with Crippen LogP contribution in [0.5, 0.6) is 5.75 Å². The summed E-state index contributed by atoms with van der Waals surface area (Å²) in [6.45, 7) is 2.56. The van der Waals surface area contributed by atoms with E-state index in [4.69, 9.17) is 0 Å². The van der Waals surface area contributed by atoms with Crippen LogP contribution in [-0.4, -0.2) is 15.6 Å². The van der Waals surface area contributed by atoms with Crippen molar-refractivity contribution >= 4 is 22.4 Å². The van der Waals surface area contributed by atoms with Gasteiger partial charge in [-0.15, -0.1) is 0 Å². The molecule has 122 valence electrons. The Labute approximate surface area is 139 Å². The number of carbonyl (C=O) groups excluding carboxylic acids is 1. The number of amides is 1. The monoisotopic (exact) mass is 322 g/mol. The van der Waals surface area contributed by atoms with Gasteiger partial charge in [-0.25, -0.2) is 0 Å². The minimum absolute atomic E-state index is 0.0759. The fourth-order valence-corrected chi connectivity index (χ4v) is 2.63. The average molecular weight is 322 g/mol. The number of aromatic nitrogens is 1. The van der Waals surface area contributed by atoms with Crippen molar-refractivity contribution in [1.29, 1.82) is 0 Å². The molecule has 0 aliphatic carbocycles. The van der Waals surface area contributed by atoms with E-state index in [1.807, 2.05) is 31.2 Å². The standard InChI is InChI=1S/C19H18N2O3/c1-2-9-21-12-15(7-8-18(21)23)20-19(24)16-10-13-5-3-4-6-14(13)11-17(16)22/h3-8,10-12,22H,2,9H2,1H3,(H,20,24). The number of rotatable bonds is 4. The molecule has 5 heteroatoms. The number of fused-ring (bicyclic) bond motifs is 1. The third-order valence-electron chi connectivity index (χ3n) is 3.81. The summed E-state index contributed by atoms with van der Waals surface area (Å²) in [5.74, 6) is -0.493. The number of anilines is 1. The van der Waals surface area contributed by atoms with Crippen LogP contribution in [0.3, 0.4) is 0 Å². The Morgan fingerprint density at radius 1 is 1.12 bits per heavy atom. The summed E-state index contributed by atoms with van der Waals surface area (Å²) in [4.78, 5) is 24.2. The molecule has 0 atom stereocenters. The molecule has 1 heterocycles. The normalized spacial score (nSPS) is 10.7. The highest BCUT2D eigenvalue weighted by Gasteiger charge is 2.13. The second-order valence-electron chi connectivity index (χ2n) is 5.62. The van der Waals surface area contributed by atoms with Crippen molar-refractivity contribution in [2.24, 2.45) is 0 Å². The minimum atomic E-state index is -0.417. The number of aromatic hydroxyl groups is 1. The lowest BCUT2D eigenvalue weighted by atomic mass is 10.1. The number of benzene rings is 2. The van der Waals surface area contributed by atoms with Crippen LogP contribution in [0, 0.1) is 0 Å². The summed E-state index contributed by atoms with van der Waals surface area (Å²) in [6.07, 6.45) is 2.44. The molecule has 0 fully saturated rings. The lowest BCUT2D eigenvalue weighted by molar-refractivity contribution is 0.102. The quantitative estimate of drug-likeness (QED) is 0.773. The Kier molecular flexibility index (Phi) is 4.33. The molecule has 2 N–H and O–H groups in total. The van der Waals surface area contributed by atoms with Gasteiger partial charge in [-0.05, 0) is 35.4 Å². The van der Waals surface area contributed by atoms with Gasteiger partial charge >= 0.3 is 0 Å². The van der Waals surface area contributed by atoms with Gasteiger partial charge in [0, 0.05) is 18.8 Å². The van der Waals surface area contributed by atoms with E-state index in [2.05, 4.69) is 5.32 Å². The van der Waals surface area contributed by atoms with Gasteiger partial charge in [0.1, 0.15) is 5.75 Å². The molecule has 24 heavy (non-hydrogen) atoms. The Balaban J connectivity index is 1.91. The molecule has 0 saturated carbocycles. The van der Waals surface area contributed by atoms with Gasteiger partial charge in [0.25, 0.3) is 11.5 Å². The number of pyridine rings is 1. The molecule has 3 rings (SSSR count). The smallest absolute Gasteiger partial charge is 0.259 e. The van der Waals surface area contributed by atoms with Gasteiger partial charge in [0.05, 0.1) is 11.3 Å². The first-order valence-corrected chi connectivity index (χ1v) is 7.82. The molecule has 0 bridgehead atoms. The maximum absolute atomic E-state index is 12.5. The van der Waals surface area contributed by atoms with E-state index in [0.29, 0.717) is 12.2 Å². The highest BCUT2D eigenvalue weighted by atomic mass is 16.3. The molecular formula is C19H18N2O3. The molecule has 0 unspecified atom stereocenters. The van der Waals surface area contributed by atoms with E-state index in [9.17, 15) is 14.7 Å².